The minimum absolute atomic E-state index is 0.272. The summed E-state index contributed by atoms with van der Waals surface area (Å²) in [5.41, 5.74) is 5.74. The van der Waals surface area contributed by atoms with Crippen LogP contribution in [0.1, 0.15) is 33.7 Å². The van der Waals surface area contributed by atoms with Crippen LogP contribution in [0.15, 0.2) is 5.16 Å². The first-order valence-electron chi connectivity index (χ1n) is 5.47. The number of nitrogen functional groups attached to an aromatic ring is 1. The minimum Gasteiger partial charge on any atom is -0.378 e. The predicted octanol–water partition coefficient (Wildman–Crippen LogP) is 1.96. The highest BCUT2D eigenvalue weighted by atomic mass is 32.2. The van der Waals surface area contributed by atoms with Crippen LogP contribution in [0.3, 0.4) is 0 Å². The van der Waals surface area contributed by atoms with Gasteiger partial charge in [-0.15, -0.1) is 10.2 Å². The normalized spacial score (nSPS) is 11.6. The fraction of sp³-hybridized carbons (Fsp3) is 0.800. The van der Waals surface area contributed by atoms with Crippen molar-refractivity contribution in [3.8, 4) is 0 Å². The van der Waals surface area contributed by atoms with E-state index in [1.54, 1.807) is 11.8 Å². The van der Waals surface area contributed by atoms with Gasteiger partial charge < -0.3 is 10.5 Å². The third-order valence-corrected chi connectivity index (χ3v) is 2.88. The molecule has 1 aromatic heterocycles. The van der Waals surface area contributed by atoms with E-state index in [9.17, 15) is 0 Å². The summed E-state index contributed by atoms with van der Waals surface area (Å²) in [6.07, 6.45) is 0.272. The Balaban J connectivity index is 2.48. The zero-order valence-corrected chi connectivity index (χ0v) is 11.1. The van der Waals surface area contributed by atoms with E-state index >= 15 is 0 Å². The monoisotopic (exact) mass is 244 g/mol. The molecule has 16 heavy (non-hydrogen) atoms. The van der Waals surface area contributed by atoms with E-state index in [0.29, 0.717) is 12.6 Å². The molecule has 0 unspecified atom stereocenters. The van der Waals surface area contributed by atoms with Crippen LogP contribution in [0, 0.1) is 0 Å². The van der Waals surface area contributed by atoms with Gasteiger partial charge in [0.1, 0.15) is 0 Å². The molecule has 6 heteroatoms. The SMILES string of the molecule is CC(C)OCCSc1nnc(N)n1C(C)C. The average molecular weight is 244 g/mol. The van der Waals surface area contributed by atoms with Crippen molar-refractivity contribution in [1.82, 2.24) is 14.8 Å². The zero-order chi connectivity index (χ0) is 12.1. The molecule has 0 aliphatic heterocycles. The zero-order valence-electron chi connectivity index (χ0n) is 10.3. The second kappa shape index (κ2) is 6.10. The van der Waals surface area contributed by atoms with Gasteiger partial charge in [-0.3, -0.25) is 4.57 Å². The Bertz CT molecular complexity index is 325. The van der Waals surface area contributed by atoms with Crippen LogP contribution in [0.25, 0.3) is 0 Å². The van der Waals surface area contributed by atoms with Crippen LogP contribution in [0.2, 0.25) is 0 Å². The number of hydrogen-bond acceptors (Lipinski definition) is 5. The Morgan fingerprint density at radius 1 is 1.31 bits per heavy atom. The highest BCUT2D eigenvalue weighted by Gasteiger charge is 2.12. The van der Waals surface area contributed by atoms with Crippen LogP contribution in [-0.2, 0) is 4.74 Å². The molecule has 1 heterocycles. The molecular formula is C10H20N4OS. The summed E-state index contributed by atoms with van der Waals surface area (Å²) in [4.78, 5) is 0. The smallest absolute Gasteiger partial charge is 0.222 e. The minimum atomic E-state index is 0.272. The van der Waals surface area contributed by atoms with Crippen LogP contribution in [-0.4, -0.2) is 33.2 Å². The van der Waals surface area contributed by atoms with Gasteiger partial charge in [0.05, 0.1) is 12.7 Å². The quantitative estimate of drug-likeness (QED) is 0.612. The van der Waals surface area contributed by atoms with Gasteiger partial charge in [-0.05, 0) is 27.7 Å². The molecule has 0 radical (unpaired) electrons. The second-order valence-corrected chi connectivity index (χ2v) is 5.13. The van der Waals surface area contributed by atoms with Crippen molar-refractivity contribution in [2.45, 2.75) is 45.0 Å². The van der Waals surface area contributed by atoms with E-state index in [2.05, 4.69) is 24.0 Å². The summed E-state index contributed by atoms with van der Waals surface area (Å²) in [5.74, 6) is 1.34. The van der Waals surface area contributed by atoms with Crippen LogP contribution in [0.4, 0.5) is 5.95 Å². The molecule has 5 nitrogen and oxygen atoms in total. The average Bonchev–Trinajstić information content (AvgIpc) is 2.54. The molecule has 0 aliphatic rings. The summed E-state index contributed by atoms with van der Waals surface area (Å²) in [6, 6.07) is 0.281. The maximum atomic E-state index is 5.74. The second-order valence-electron chi connectivity index (χ2n) is 4.07. The number of ether oxygens (including phenoxy) is 1. The van der Waals surface area contributed by atoms with Gasteiger partial charge in [0, 0.05) is 11.8 Å². The third kappa shape index (κ3) is 3.68. The lowest BCUT2D eigenvalue weighted by atomic mass is 10.4. The first-order valence-corrected chi connectivity index (χ1v) is 6.45. The van der Waals surface area contributed by atoms with Gasteiger partial charge in [-0.25, -0.2) is 0 Å². The van der Waals surface area contributed by atoms with Crippen molar-refractivity contribution in [2.24, 2.45) is 0 Å². The van der Waals surface area contributed by atoms with E-state index in [0.717, 1.165) is 10.9 Å². The number of aromatic nitrogens is 3. The van der Waals surface area contributed by atoms with E-state index < -0.39 is 0 Å². The van der Waals surface area contributed by atoms with Gasteiger partial charge in [-0.1, -0.05) is 11.8 Å². The largest absolute Gasteiger partial charge is 0.378 e. The number of thioether (sulfide) groups is 1. The topological polar surface area (TPSA) is 66.0 Å². The lowest BCUT2D eigenvalue weighted by molar-refractivity contribution is 0.0920. The van der Waals surface area contributed by atoms with Crippen LogP contribution in [0.5, 0.6) is 0 Å². The Morgan fingerprint density at radius 2 is 2.00 bits per heavy atom. The number of nitrogens with two attached hydrogens (primary N) is 1. The van der Waals surface area contributed by atoms with E-state index in [-0.39, 0.29) is 12.1 Å². The van der Waals surface area contributed by atoms with Crippen molar-refractivity contribution in [3.63, 3.8) is 0 Å². The van der Waals surface area contributed by atoms with Gasteiger partial charge in [0.25, 0.3) is 0 Å². The number of rotatable bonds is 6. The molecule has 0 spiro atoms. The summed E-state index contributed by atoms with van der Waals surface area (Å²) < 4.78 is 7.39. The van der Waals surface area contributed by atoms with Gasteiger partial charge in [0.15, 0.2) is 5.16 Å². The van der Waals surface area contributed by atoms with E-state index in [4.69, 9.17) is 10.5 Å². The lowest BCUT2D eigenvalue weighted by Crippen LogP contribution is -2.09. The molecule has 0 saturated heterocycles. The van der Waals surface area contributed by atoms with Crippen molar-refractivity contribution >= 4 is 17.7 Å². The van der Waals surface area contributed by atoms with Crippen LogP contribution < -0.4 is 5.73 Å². The molecular weight excluding hydrogens is 224 g/mol. The first kappa shape index (κ1) is 13.3. The molecule has 0 aliphatic carbocycles. The van der Waals surface area contributed by atoms with Crippen molar-refractivity contribution < 1.29 is 4.74 Å². The molecule has 1 aromatic rings. The molecule has 0 saturated carbocycles. The predicted molar refractivity (Wildman–Crippen MR) is 66.6 cm³/mol. The van der Waals surface area contributed by atoms with Gasteiger partial charge in [-0.2, -0.15) is 0 Å². The summed E-state index contributed by atoms with van der Waals surface area (Å²) >= 11 is 1.62. The maximum absolute atomic E-state index is 5.74. The van der Waals surface area contributed by atoms with E-state index in [1.165, 1.54) is 0 Å². The fourth-order valence-corrected chi connectivity index (χ4v) is 2.19. The first-order chi connectivity index (χ1) is 7.52. The molecule has 0 bridgehead atoms. The van der Waals surface area contributed by atoms with Crippen molar-refractivity contribution in [2.75, 3.05) is 18.1 Å². The lowest BCUT2D eigenvalue weighted by Gasteiger charge is -2.11. The Kier molecular flexibility index (Phi) is 5.08. The maximum Gasteiger partial charge on any atom is 0.222 e. The molecule has 0 amide bonds. The molecule has 0 aromatic carbocycles. The van der Waals surface area contributed by atoms with Gasteiger partial charge in [0.2, 0.25) is 5.95 Å². The summed E-state index contributed by atoms with van der Waals surface area (Å²) in [6.45, 7) is 8.90. The molecule has 92 valence electrons. The number of hydrogen-bond donors (Lipinski definition) is 1. The summed E-state index contributed by atoms with van der Waals surface area (Å²) in [5, 5.41) is 8.79. The Labute approximate surface area is 101 Å². The van der Waals surface area contributed by atoms with Crippen LogP contribution >= 0.6 is 11.8 Å². The standard InChI is InChI=1S/C10H20N4OS/c1-7(2)14-9(11)12-13-10(14)16-6-5-15-8(3)4/h7-8H,5-6H2,1-4H3,(H2,11,12). The van der Waals surface area contributed by atoms with E-state index in [1.807, 2.05) is 18.4 Å². The third-order valence-electron chi connectivity index (χ3n) is 1.97. The molecule has 1 rings (SSSR count). The Morgan fingerprint density at radius 3 is 2.56 bits per heavy atom. The van der Waals surface area contributed by atoms with Crippen molar-refractivity contribution in [3.05, 3.63) is 0 Å². The summed E-state index contributed by atoms with van der Waals surface area (Å²) in [7, 11) is 0. The Hall–Kier alpha value is -0.750. The van der Waals surface area contributed by atoms with Gasteiger partial charge >= 0.3 is 0 Å². The number of nitrogens with zero attached hydrogens (tertiary/aromatic N) is 3. The molecule has 0 fully saturated rings. The molecule has 0 atom stereocenters. The number of anilines is 1. The van der Waals surface area contributed by atoms with Crippen molar-refractivity contribution in [1.29, 1.82) is 0 Å². The fourth-order valence-electron chi connectivity index (χ4n) is 1.29. The highest BCUT2D eigenvalue weighted by Crippen LogP contribution is 2.22. The molecule has 2 N–H and O–H groups in total. The highest BCUT2D eigenvalue weighted by molar-refractivity contribution is 7.99.